The van der Waals surface area contributed by atoms with E-state index in [0.29, 0.717) is 0 Å². The number of halogens is 2. The van der Waals surface area contributed by atoms with Gasteiger partial charge in [0.25, 0.3) is 0 Å². The van der Waals surface area contributed by atoms with E-state index >= 15 is 0 Å². The van der Waals surface area contributed by atoms with Crippen molar-refractivity contribution in [2.75, 3.05) is 6.54 Å². The maximum absolute atomic E-state index is 5.52. The molecule has 0 aromatic rings. The van der Waals surface area contributed by atoms with Crippen LogP contribution in [0.1, 0.15) is 19.3 Å². The van der Waals surface area contributed by atoms with Crippen molar-refractivity contribution in [3.8, 4) is 0 Å². The molecule has 0 aromatic carbocycles. The predicted molar refractivity (Wildman–Crippen MR) is 44.3 cm³/mol. The van der Waals surface area contributed by atoms with E-state index in [1.807, 2.05) is 0 Å². The molecule has 1 aliphatic rings. The van der Waals surface area contributed by atoms with Gasteiger partial charge in [-0.25, -0.2) is 0 Å². The number of rotatable bonds is 0. The number of hydrogen-bond acceptors (Lipinski definition) is 2. The lowest BCUT2D eigenvalue weighted by molar-refractivity contribution is 0.411. The van der Waals surface area contributed by atoms with Crippen LogP contribution in [-0.2, 0) is 0 Å². The van der Waals surface area contributed by atoms with Gasteiger partial charge in [0.2, 0.25) is 0 Å². The maximum Gasteiger partial charge on any atom is 0.0546 e. The predicted octanol–water partition coefficient (Wildman–Crippen LogP) is 0.888. The van der Waals surface area contributed by atoms with Crippen molar-refractivity contribution in [1.29, 1.82) is 0 Å². The fourth-order valence-electron chi connectivity index (χ4n) is 0.879. The molecule has 1 saturated heterocycles. The molecule has 0 radical (unpaired) electrons. The average molecular weight is 173 g/mol. The van der Waals surface area contributed by atoms with E-state index in [2.05, 4.69) is 5.32 Å². The molecule has 0 amide bonds. The molecule has 4 heteroatoms. The van der Waals surface area contributed by atoms with Crippen LogP contribution in [0.5, 0.6) is 0 Å². The highest BCUT2D eigenvalue weighted by atomic mass is 35.5. The highest BCUT2D eigenvalue weighted by Gasteiger charge is 2.04. The van der Waals surface area contributed by atoms with Crippen LogP contribution >= 0.6 is 24.8 Å². The summed E-state index contributed by atoms with van der Waals surface area (Å²) in [6.45, 7) is 1.11. The van der Waals surface area contributed by atoms with Gasteiger partial charge in [-0.05, 0) is 25.8 Å². The smallest absolute Gasteiger partial charge is 0.0546 e. The van der Waals surface area contributed by atoms with Crippen molar-refractivity contribution < 1.29 is 0 Å². The van der Waals surface area contributed by atoms with E-state index in [-0.39, 0.29) is 31.0 Å². The Kier molecular flexibility index (Phi) is 8.97. The van der Waals surface area contributed by atoms with Crippen molar-refractivity contribution in [3.63, 3.8) is 0 Å². The summed E-state index contributed by atoms with van der Waals surface area (Å²) in [5.41, 5.74) is 5.52. The highest BCUT2D eigenvalue weighted by Crippen LogP contribution is 2.00. The molecule has 1 heterocycles. The van der Waals surface area contributed by atoms with Gasteiger partial charge in [-0.15, -0.1) is 24.8 Å². The van der Waals surface area contributed by atoms with Gasteiger partial charge in [-0.2, -0.15) is 0 Å². The van der Waals surface area contributed by atoms with Crippen LogP contribution in [0.3, 0.4) is 0 Å². The lowest BCUT2D eigenvalue weighted by Gasteiger charge is -2.18. The lowest BCUT2D eigenvalue weighted by atomic mass is 10.1. The van der Waals surface area contributed by atoms with Gasteiger partial charge in [0.15, 0.2) is 0 Å². The standard InChI is InChI=1S/C5H12N2.2ClH/c6-5-3-1-2-4-7-5;;/h5,7H,1-4,6H2;2*1H. The molecule has 0 saturated carbocycles. The summed E-state index contributed by atoms with van der Waals surface area (Å²) in [6, 6.07) is 0. The minimum atomic E-state index is 0. The van der Waals surface area contributed by atoms with Crippen molar-refractivity contribution in [2.24, 2.45) is 5.73 Å². The first-order valence-corrected chi connectivity index (χ1v) is 2.88. The Hall–Kier alpha value is 0.500. The monoisotopic (exact) mass is 172 g/mol. The normalized spacial score (nSPS) is 25.7. The summed E-state index contributed by atoms with van der Waals surface area (Å²) < 4.78 is 0. The molecule has 0 bridgehead atoms. The van der Waals surface area contributed by atoms with Crippen LogP contribution in [0.15, 0.2) is 0 Å². The van der Waals surface area contributed by atoms with E-state index < -0.39 is 0 Å². The van der Waals surface area contributed by atoms with Gasteiger partial charge in [-0.1, -0.05) is 0 Å². The zero-order valence-electron chi connectivity index (χ0n) is 5.30. The van der Waals surface area contributed by atoms with Gasteiger partial charge in [0.1, 0.15) is 0 Å². The SMILES string of the molecule is Cl.Cl.NC1CCCCN1. The molecule has 0 spiro atoms. The van der Waals surface area contributed by atoms with Gasteiger partial charge in [0.05, 0.1) is 6.17 Å². The number of hydrogen-bond donors (Lipinski definition) is 2. The minimum Gasteiger partial charge on any atom is -0.316 e. The summed E-state index contributed by atoms with van der Waals surface area (Å²) >= 11 is 0. The Morgan fingerprint density at radius 2 is 1.89 bits per heavy atom. The van der Waals surface area contributed by atoms with Gasteiger partial charge >= 0.3 is 0 Å². The summed E-state index contributed by atoms with van der Waals surface area (Å²) in [7, 11) is 0. The van der Waals surface area contributed by atoms with E-state index in [0.717, 1.165) is 13.0 Å². The Morgan fingerprint density at radius 1 is 1.22 bits per heavy atom. The minimum absolute atomic E-state index is 0. The quantitative estimate of drug-likeness (QED) is 0.570. The first-order chi connectivity index (χ1) is 3.39. The third-order valence-corrected chi connectivity index (χ3v) is 1.35. The summed E-state index contributed by atoms with van der Waals surface area (Å²) in [6.07, 6.45) is 4.04. The molecule has 58 valence electrons. The molecular weight excluding hydrogens is 159 g/mol. The Morgan fingerprint density at radius 3 is 2.11 bits per heavy atom. The van der Waals surface area contributed by atoms with Crippen LogP contribution in [0.4, 0.5) is 0 Å². The molecule has 0 aromatic heterocycles. The largest absolute Gasteiger partial charge is 0.316 e. The molecule has 1 rings (SSSR count). The Bertz CT molecular complexity index is 54.9. The molecule has 3 N–H and O–H groups in total. The summed E-state index contributed by atoms with van der Waals surface area (Å²) in [5.74, 6) is 0. The molecule has 9 heavy (non-hydrogen) atoms. The van der Waals surface area contributed by atoms with Crippen molar-refractivity contribution in [2.45, 2.75) is 25.4 Å². The third-order valence-electron chi connectivity index (χ3n) is 1.35. The molecule has 1 atom stereocenters. The highest BCUT2D eigenvalue weighted by molar-refractivity contribution is 5.85. The summed E-state index contributed by atoms with van der Waals surface area (Å²) in [4.78, 5) is 0. The van der Waals surface area contributed by atoms with Gasteiger partial charge in [-0.3, -0.25) is 0 Å². The van der Waals surface area contributed by atoms with Crippen LogP contribution < -0.4 is 11.1 Å². The van der Waals surface area contributed by atoms with Crippen molar-refractivity contribution >= 4 is 24.8 Å². The molecular formula is C5H14Cl2N2. The van der Waals surface area contributed by atoms with Crippen LogP contribution in [0.2, 0.25) is 0 Å². The Labute approximate surface area is 68.4 Å². The Balaban J connectivity index is 0. The first-order valence-electron chi connectivity index (χ1n) is 2.88. The summed E-state index contributed by atoms with van der Waals surface area (Å²) in [5, 5.41) is 3.16. The molecule has 0 aliphatic carbocycles. The van der Waals surface area contributed by atoms with Crippen LogP contribution in [0.25, 0.3) is 0 Å². The fraction of sp³-hybridized carbons (Fsp3) is 1.00. The lowest BCUT2D eigenvalue weighted by Crippen LogP contribution is -2.40. The second kappa shape index (κ2) is 6.62. The van der Waals surface area contributed by atoms with E-state index in [1.54, 1.807) is 0 Å². The topological polar surface area (TPSA) is 38.0 Å². The number of nitrogens with one attached hydrogen (secondary N) is 1. The third kappa shape index (κ3) is 4.97. The number of piperidine rings is 1. The molecule has 1 aliphatic heterocycles. The zero-order valence-corrected chi connectivity index (χ0v) is 6.93. The second-order valence-electron chi connectivity index (χ2n) is 2.06. The molecule has 2 nitrogen and oxygen atoms in total. The maximum atomic E-state index is 5.52. The first kappa shape index (κ1) is 12.2. The van der Waals surface area contributed by atoms with E-state index in [4.69, 9.17) is 5.73 Å². The van der Waals surface area contributed by atoms with Gasteiger partial charge in [0, 0.05) is 0 Å². The van der Waals surface area contributed by atoms with Gasteiger partial charge < -0.3 is 11.1 Å². The molecule has 1 fully saturated rings. The fourth-order valence-corrected chi connectivity index (χ4v) is 0.879. The van der Waals surface area contributed by atoms with Crippen molar-refractivity contribution in [3.05, 3.63) is 0 Å². The van der Waals surface area contributed by atoms with Crippen molar-refractivity contribution in [1.82, 2.24) is 5.32 Å². The number of nitrogens with two attached hydrogens (primary N) is 1. The second-order valence-corrected chi connectivity index (χ2v) is 2.06. The van der Waals surface area contributed by atoms with E-state index in [1.165, 1.54) is 12.8 Å². The van der Waals surface area contributed by atoms with Crippen LogP contribution in [-0.4, -0.2) is 12.7 Å². The van der Waals surface area contributed by atoms with Crippen LogP contribution in [0, 0.1) is 0 Å². The van der Waals surface area contributed by atoms with E-state index in [9.17, 15) is 0 Å². The zero-order chi connectivity index (χ0) is 5.11. The molecule has 1 unspecified atom stereocenters. The average Bonchev–Trinajstić information content (AvgIpc) is 1.69.